The highest BCUT2D eigenvalue weighted by Gasteiger charge is 2.39. The number of fused-ring (bicyclic) bond motifs is 1. The van der Waals surface area contributed by atoms with Gasteiger partial charge in [-0.3, -0.25) is 19.7 Å². The summed E-state index contributed by atoms with van der Waals surface area (Å²) in [6, 6.07) is 4.95. The minimum absolute atomic E-state index is 0.0193. The fourth-order valence-electron chi connectivity index (χ4n) is 3.93. The Morgan fingerprint density at radius 2 is 2.08 bits per heavy atom. The molecular formula is C18H22N4O4. The second-order valence-electron chi connectivity index (χ2n) is 7.06. The monoisotopic (exact) mass is 358 g/mol. The number of nitrogens with zero attached hydrogens (tertiary/aromatic N) is 1. The van der Waals surface area contributed by atoms with Crippen molar-refractivity contribution in [3.8, 4) is 0 Å². The van der Waals surface area contributed by atoms with Crippen LogP contribution >= 0.6 is 0 Å². The molecule has 0 spiro atoms. The van der Waals surface area contributed by atoms with Crippen molar-refractivity contribution >= 4 is 17.7 Å². The van der Waals surface area contributed by atoms with Crippen molar-refractivity contribution in [3.05, 3.63) is 34.9 Å². The molecule has 138 valence electrons. The number of hydrogen-bond acceptors (Lipinski definition) is 6. The molecule has 26 heavy (non-hydrogen) atoms. The van der Waals surface area contributed by atoms with Crippen molar-refractivity contribution in [2.75, 3.05) is 13.1 Å². The Morgan fingerprint density at radius 1 is 1.23 bits per heavy atom. The van der Waals surface area contributed by atoms with Gasteiger partial charge in [-0.25, -0.2) is 0 Å². The Labute approximate surface area is 150 Å². The van der Waals surface area contributed by atoms with Crippen LogP contribution in [0.25, 0.3) is 0 Å². The Morgan fingerprint density at radius 3 is 2.81 bits per heavy atom. The number of amides is 3. The van der Waals surface area contributed by atoms with Gasteiger partial charge in [-0.2, -0.15) is 0 Å². The lowest BCUT2D eigenvalue weighted by atomic mass is 10.0. The number of benzene rings is 1. The summed E-state index contributed by atoms with van der Waals surface area (Å²) in [6.07, 6.45) is 0.184. The minimum Gasteiger partial charge on any atom is -0.390 e. The van der Waals surface area contributed by atoms with Crippen molar-refractivity contribution in [1.82, 2.24) is 20.9 Å². The van der Waals surface area contributed by atoms with E-state index in [1.165, 1.54) is 0 Å². The lowest BCUT2D eigenvalue weighted by Gasteiger charge is -2.29. The number of piperidine rings is 1. The van der Waals surface area contributed by atoms with E-state index in [2.05, 4.69) is 16.0 Å². The minimum atomic E-state index is -0.603. The molecule has 1 unspecified atom stereocenters. The average Bonchev–Trinajstić information content (AvgIpc) is 3.17. The van der Waals surface area contributed by atoms with Gasteiger partial charge in [0.05, 0.1) is 6.10 Å². The van der Waals surface area contributed by atoms with Gasteiger partial charge in [0.2, 0.25) is 11.8 Å². The molecule has 3 heterocycles. The van der Waals surface area contributed by atoms with Gasteiger partial charge in [0.15, 0.2) is 0 Å². The third-order valence-electron chi connectivity index (χ3n) is 5.42. The number of hydrogen-bond donors (Lipinski definition) is 4. The fourth-order valence-corrected chi connectivity index (χ4v) is 3.93. The van der Waals surface area contributed by atoms with E-state index in [1.54, 1.807) is 11.0 Å². The summed E-state index contributed by atoms with van der Waals surface area (Å²) in [7, 11) is 0. The smallest absolute Gasteiger partial charge is 0.255 e. The first-order valence-corrected chi connectivity index (χ1v) is 8.92. The standard InChI is InChI=1S/C18H22N4O4/c23-15-8-19-7-13(15)20-6-10-2-1-3-11-12(10)9-22(18(11)26)14-4-5-16(24)21-17(14)25/h1-3,13-15,19-20,23H,4-9H2,(H,21,24,25)/t13-,14?,15+/m0/s1. The number of aliphatic hydroxyl groups is 1. The highest BCUT2D eigenvalue weighted by Crippen LogP contribution is 2.29. The maximum absolute atomic E-state index is 12.8. The Bertz CT molecular complexity index is 766. The third-order valence-corrected chi connectivity index (χ3v) is 5.42. The molecule has 3 aliphatic rings. The zero-order chi connectivity index (χ0) is 18.3. The van der Waals surface area contributed by atoms with Gasteiger partial charge in [-0.15, -0.1) is 0 Å². The molecule has 1 aromatic carbocycles. The van der Waals surface area contributed by atoms with Crippen LogP contribution in [0.2, 0.25) is 0 Å². The normalized spacial score (nSPS) is 28.4. The number of imide groups is 1. The summed E-state index contributed by atoms with van der Waals surface area (Å²) in [5, 5.41) is 18.7. The van der Waals surface area contributed by atoms with Gasteiger partial charge < -0.3 is 20.6 Å². The van der Waals surface area contributed by atoms with E-state index >= 15 is 0 Å². The maximum Gasteiger partial charge on any atom is 0.255 e. The summed E-state index contributed by atoms with van der Waals surface area (Å²) < 4.78 is 0. The van der Waals surface area contributed by atoms with Gasteiger partial charge in [0.25, 0.3) is 5.91 Å². The molecule has 3 aliphatic heterocycles. The van der Waals surface area contributed by atoms with Crippen LogP contribution in [0.1, 0.15) is 34.3 Å². The number of rotatable bonds is 4. The Kier molecular flexibility index (Phi) is 4.47. The predicted molar refractivity (Wildman–Crippen MR) is 92.0 cm³/mol. The quantitative estimate of drug-likeness (QED) is 0.507. The molecule has 8 nitrogen and oxygen atoms in total. The average molecular weight is 358 g/mol. The zero-order valence-corrected chi connectivity index (χ0v) is 14.3. The van der Waals surface area contributed by atoms with Crippen molar-refractivity contribution in [2.45, 2.75) is 44.1 Å². The number of carbonyl (C=O) groups excluding carboxylic acids is 3. The lowest BCUT2D eigenvalue weighted by molar-refractivity contribution is -0.136. The number of β-amino-alcohol motifs (C(OH)–C–C–N with tert-alkyl or cyclic N) is 1. The van der Waals surface area contributed by atoms with Crippen LogP contribution in [0.3, 0.4) is 0 Å². The molecule has 3 atom stereocenters. The van der Waals surface area contributed by atoms with E-state index in [0.29, 0.717) is 38.2 Å². The summed E-state index contributed by atoms with van der Waals surface area (Å²) in [5.41, 5.74) is 2.51. The molecule has 0 aromatic heterocycles. The molecule has 8 heteroatoms. The van der Waals surface area contributed by atoms with Crippen molar-refractivity contribution < 1.29 is 19.5 Å². The van der Waals surface area contributed by atoms with E-state index < -0.39 is 18.1 Å². The summed E-state index contributed by atoms with van der Waals surface area (Å²) in [5.74, 6) is -0.856. The zero-order valence-electron chi connectivity index (χ0n) is 14.3. The first-order valence-electron chi connectivity index (χ1n) is 8.92. The molecule has 4 rings (SSSR count). The number of carbonyl (C=O) groups is 3. The Balaban J connectivity index is 1.50. The van der Waals surface area contributed by atoms with Crippen LogP contribution in [-0.4, -0.2) is 59.0 Å². The van der Waals surface area contributed by atoms with Gasteiger partial charge in [0, 0.05) is 44.2 Å². The molecule has 2 saturated heterocycles. The highest BCUT2D eigenvalue weighted by atomic mass is 16.3. The van der Waals surface area contributed by atoms with Gasteiger partial charge in [-0.05, 0) is 23.6 Å². The van der Waals surface area contributed by atoms with Crippen LogP contribution in [0, 0.1) is 0 Å². The fraction of sp³-hybridized carbons (Fsp3) is 0.500. The summed E-state index contributed by atoms with van der Waals surface area (Å²) in [6.45, 7) is 2.19. The van der Waals surface area contributed by atoms with Gasteiger partial charge >= 0.3 is 0 Å². The van der Waals surface area contributed by atoms with E-state index in [9.17, 15) is 19.5 Å². The molecule has 0 bridgehead atoms. The lowest BCUT2D eigenvalue weighted by Crippen LogP contribution is -2.52. The van der Waals surface area contributed by atoms with E-state index in [1.807, 2.05) is 12.1 Å². The maximum atomic E-state index is 12.8. The van der Waals surface area contributed by atoms with Gasteiger partial charge in [-0.1, -0.05) is 12.1 Å². The van der Waals surface area contributed by atoms with E-state index in [4.69, 9.17) is 0 Å². The second-order valence-corrected chi connectivity index (χ2v) is 7.06. The van der Waals surface area contributed by atoms with Crippen LogP contribution < -0.4 is 16.0 Å². The van der Waals surface area contributed by atoms with Crippen molar-refractivity contribution in [1.29, 1.82) is 0 Å². The molecule has 2 fully saturated rings. The van der Waals surface area contributed by atoms with Crippen molar-refractivity contribution in [2.24, 2.45) is 0 Å². The third kappa shape index (κ3) is 3.00. The molecule has 0 aliphatic carbocycles. The largest absolute Gasteiger partial charge is 0.390 e. The first kappa shape index (κ1) is 17.1. The van der Waals surface area contributed by atoms with E-state index in [0.717, 1.165) is 11.1 Å². The number of aliphatic hydroxyl groups excluding tert-OH is 1. The molecule has 4 N–H and O–H groups in total. The molecule has 0 saturated carbocycles. The predicted octanol–water partition coefficient (Wildman–Crippen LogP) is -1.13. The Hall–Kier alpha value is -2.29. The van der Waals surface area contributed by atoms with Gasteiger partial charge in [0.1, 0.15) is 6.04 Å². The highest BCUT2D eigenvalue weighted by molar-refractivity contribution is 6.05. The molecule has 0 radical (unpaired) electrons. The van der Waals surface area contributed by atoms with Crippen LogP contribution in [-0.2, 0) is 22.7 Å². The first-order chi connectivity index (χ1) is 12.5. The molecule has 1 aromatic rings. The second kappa shape index (κ2) is 6.79. The van der Waals surface area contributed by atoms with Crippen molar-refractivity contribution in [3.63, 3.8) is 0 Å². The van der Waals surface area contributed by atoms with Crippen LogP contribution in [0.4, 0.5) is 0 Å². The summed E-state index contributed by atoms with van der Waals surface area (Å²) >= 11 is 0. The topological polar surface area (TPSA) is 111 Å². The molecular weight excluding hydrogens is 336 g/mol. The van der Waals surface area contributed by atoms with Crippen LogP contribution in [0.5, 0.6) is 0 Å². The SMILES string of the molecule is O=C1CCC(N2Cc3c(CN[C@H]4CNC[C@H]4O)cccc3C2=O)C(=O)N1. The molecule has 3 amide bonds. The van der Waals surface area contributed by atoms with E-state index in [-0.39, 0.29) is 24.3 Å². The van der Waals surface area contributed by atoms with Crippen LogP contribution in [0.15, 0.2) is 18.2 Å². The number of nitrogens with one attached hydrogen (secondary N) is 3. The summed E-state index contributed by atoms with van der Waals surface area (Å²) in [4.78, 5) is 37.8.